The molecule has 0 amide bonds. The maximum absolute atomic E-state index is 12.5. The predicted octanol–water partition coefficient (Wildman–Crippen LogP) is 2.33. The standard InChI is InChI=1S/C22H19N5O2/c28-19-14-23-12-11-17(19)27-20(29)10-9-16(24-27)21-18-8-4-5-13-26(18)25-22(21)15-6-2-1-3-7-15/h1-10,13,17,23H,11-12,14H2. The molecule has 1 N–H and O–H groups in total. The van der Waals surface area contributed by atoms with Gasteiger partial charge in [-0.1, -0.05) is 36.4 Å². The van der Waals surface area contributed by atoms with Crippen molar-refractivity contribution in [2.45, 2.75) is 12.5 Å². The summed E-state index contributed by atoms with van der Waals surface area (Å²) in [5.41, 5.74) is 3.82. The summed E-state index contributed by atoms with van der Waals surface area (Å²) < 4.78 is 3.14. The Hall–Kier alpha value is -3.58. The van der Waals surface area contributed by atoms with Crippen LogP contribution in [0.25, 0.3) is 28.0 Å². The van der Waals surface area contributed by atoms with Crippen molar-refractivity contribution < 1.29 is 4.79 Å². The van der Waals surface area contributed by atoms with Crippen molar-refractivity contribution in [3.8, 4) is 22.5 Å². The van der Waals surface area contributed by atoms with Gasteiger partial charge in [0.2, 0.25) is 0 Å². The van der Waals surface area contributed by atoms with Gasteiger partial charge >= 0.3 is 0 Å². The van der Waals surface area contributed by atoms with Gasteiger partial charge in [-0.05, 0) is 31.2 Å². The van der Waals surface area contributed by atoms with E-state index in [9.17, 15) is 9.59 Å². The number of carbonyl (C=O) groups excluding carboxylic acids is 1. The molecule has 0 aliphatic carbocycles. The predicted molar refractivity (Wildman–Crippen MR) is 110 cm³/mol. The number of benzene rings is 1. The molecule has 0 bridgehead atoms. The zero-order valence-corrected chi connectivity index (χ0v) is 15.7. The van der Waals surface area contributed by atoms with E-state index in [4.69, 9.17) is 5.10 Å². The molecule has 7 heteroatoms. The van der Waals surface area contributed by atoms with Gasteiger partial charge in [0.05, 0.1) is 23.3 Å². The second-order valence-corrected chi connectivity index (χ2v) is 7.07. The molecule has 0 saturated carbocycles. The molecule has 0 radical (unpaired) electrons. The molecule has 1 unspecified atom stereocenters. The van der Waals surface area contributed by atoms with Gasteiger partial charge in [0.1, 0.15) is 11.7 Å². The summed E-state index contributed by atoms with van der Waals surface area (Å²) in [4.78, 5) is 24.9. The van der Waals surface area contributed by atoms with E-state index in [0.717, 1.165) is 22.3 Å². The Morgan fingerprint density at radius 1 is 0.931 bits per heavy atom. The SMILES string of the molecule is O=C1CNCCC1n1nc(-c2c(-c3ccccc3)nn3ccccc23)ccc1=O. The van der Waals surface area contributed by atoms with Crippen LogP contribution in [0.2, 0.25) is 0 Å². The number of carbonyl (C=O) groups is 1. The van der Waals surface area contributed by atoms with E-state index in [1.807, 2.05) is 59.2 Å². The second kappa shape index (κ2) is 7.10. The smallest absolute Gasteiger partial charge is 0.267 e. The molecule has 29 heavy (non-hydrogen) atoms. The van der Waals surface area contributed by atoms with E-state index in [1.165, 1.54) is 10.7 Å². The number of ketones is 1. The maximum Gasteiger partial charge on any atom is 0.267 e. The van der Waals surface area contributed by atoms with Crippen LogP contribution in [-0.2, 0) is 4.79 Å². The molecule has 4 aromatic rings. The third kappa shape index (κ3) is 3.05. The quantitative estimate of drug-likeness (QED) is 0.585. The number of aromatic nitrogens is 4. The Morgan fingerprint density at radius 3 is 2.59 bits per heavy atom. The number of hydrogen-bond acceptors (Lipinski definition) is 5. The van der Waals surface area contributed by atoms with Crippen molar-refractivity contribution in [2.75, 3.05) is 13.1 Å². The third-order valence-corrected chi connectivity index (χ3v) is 5.23. The molecule has 1 aliphatic heterocycles. The van der Waals surface area contributed by atoms with Gasteiger partial charge in [-0.3, -0.25) is 9.59 Å². The van der Waals surface area contributed by atoms with Crippen LogP contribution < -0.4 is 10.9 Å². The average molecular weight is 385 g/mol. The number of hydrogen-bond donors (Lipinski definition) is 1. The summed E-state index contributed by atoms with van der Waals surface area (Å²) in [5.74, 6) is -0.0221. The van der Waals surface area contributed by atoms with Gasteiger partial charge in [-0.25, -0.2) is 9.20 Å². The highest BCUT2D eigenvalue weighted by atomic mass is 16.1. The van der Waals surface area contributed by atoms with Gasteiger partial charge in [0.25, 0.3) is 5.56 Å². The number of fused-ring (bicyclic) bond motifs is 1. The van der Waals surface area contributed by atoms with Crippen LogP contribution in [0, 0.1) is 0 Å². The molecule has 1 atom stereocenters. The van der Waals surface area contributed by atoms with Crippen molar-refractivity contribution in [1.82, 2.24) is 24.7 Å². The zero-order valence-electron chi connectivity index (χ0n) is 15.7. The Bertz CT molecular complexity index is 1260. The number of pyridine rings is 1. The van der Waals surface area contributed by atoms with Crippen molar-refractivity contribution in [2.24, 2.45) is 0 Å². The first-order valence-electron chi connectivity index (χ1n) is 9.59. The molecule has 1 saturated heterocycles. The maximum atomic E-state index is 12.5. The number of nitrogens with one attached hydrogen (secondary N) is 1. The van der Waals surface area contributed by atoms with Crippen LogP contribution in [0.15, 0.2) is 71.7 Å². The minimum Gasteiger partial charge on any atom is -0.310 e. The summed E-state index contributed by atoms with van der Waals surface area (Å²) in [5, 5.41) is 12.4. The molecule has 0 spiro atoms. The van der Waals surface area contributed by atoms with Gasteiger partial charge in [-0.2, -0.15) is 10.2 Å². The lowest BCUT2D eigenvalue weighted by atomic mass is 10.0. The van der Waals surface area contributed by atoms with Crippen LogP contribution in [-0.4, -0.2) is 38.3 Å². The summed E-state index contributed by atoms with van der Waals surface area (Å²) in [7, 11) is 0. The first kappa shape index (κ1) is 17.5. The van der Waals surface area contributed by atoms with E-state index < -0.39 is 6.04 Å². The van der Waals surface area contributed by atoms with Crippen LogP contribution in [0.4, 0.5) is 0 Å². The van der Waals surface area contributed by atoms with Crippen LogP contribution in [0.1, 0.15) is 12.5 Å². The molecule has 3 aromatic heterocycles. The van der Waals surface area contributed by atoms with Crippen molar-refractivity contribution >= 4 is 11.3 Å². The minimum absolute atomic E-state index is 0.0221. The molecular formula is C22H19N5O2. The fourth-order valence-electron chi connectivity index (χ4n) is 3.82. The lowest BCUT2D eigenvalue weighted by Crippen LogP contribution is -2.42. The number of nitrogens with zero attached hydrogens (tertiary/aromatic N) is 4. The van der Waals surface area contributed by atoms with Crippen molar-refractivity contribution in [3.63, 3.8) is 0 Å². The molecule has 7 nitrogen and oxygen atoms in total. The van der Waals surface area contributed by atoms with Crippen LogP contribution >= 0.6 is 0 Å². The molecule has 4 heterocycles. The van der Waals surface area contributed by atoms with Crippen LogP contribution in [0.5, 0.6) is 0 Å². The van der Waals surface area contributed by atoms with E-state index >= 15 is 0 Å². The summed E-state index contributed by atoms with van der Waals surface area (Å²) in [6, 6.07) is 18.4. The summed E-state index contributed by atoms with van der Waals surface area (Å²) in [6.07, 6.45) is 2.44. The highest BCUT2D eigenvalue weighted by Crippen LogP contribution is 2.33. The largest absolute Gasteiger partial charge is 0.310 e. The fraction of sp³-hybridized carbons (Fsp3) is 0.182. The minimum atomic E-state index is -0.536. The molecule has 5 rings (SSSR count). The van der Waals surface area contributed by atoms with Gasteiger partial charge in [0.15, 0.2) is 5.78 Å². The van der Waals surface area contributed by atoms with E-state index in [1.54, 1.807) is 6.07 Å². The summed E-state index contributed by atoms with van der Waals surface area (Å²) in [6.45, 7) is 0.940. The summed E-state index contributed by atoms with van der Waals surface area (Å²) >= 11 is 0. The van der Waals surface area contributed by atoms with Gasteiger partial charge in [-0.15, -0.1) is 0 Å². The zero-order chi connectivity index (χ0) is 19.8. The lowest BCUT2D eigenvalue weighted by Gasteiger charge is -2.22. The second-order valence-electron chi connectivity index (χ2n) is 7.07. The van der Waals surface area contributed by atoms with E-state index in [0.29, 0.717) is 18.7 Å². The van der Waals surface area contributed by atoms with Crippen molar-refractivity contribution in [3.05, 3.63) is 77.2 Å². The molecular weight excluding hydrogens is 366 g/mol. The number of piperidine rings is 1. The molecule has 1 aliphatic rings. The highest BCUT2D eigenvalue weighted by molar-refractivity contribution is 5.90. The Kier molecular flexibility index (Phi) is 4.29. The first-order valence-corrected chi connectivity index (χ1v) is 9.59. The average Bonchev–Trinajstić information content (AvgIpc) is 3.15. The Labute approximate surface area is 166 Å². The molecule has 1 fully saturated rings. The van der Waals surface area contributed by atoms with Crippen molar-refractivity contribution in [1.29, 1.82) is 0 Å². The fourth-order valence-corrected chi connectivity index (χ4v) is 3.82. The first-order chi connectivity index (χ1) is 14.2. The number of Topliss-reactive ketones (excluding diaryl/α,β-unsaturated/α-hetero) is 1. The van der Waals surface area contributed by atoms with Crippen LogP contribution in [0.3, 0.4) is 0 Å². The van der Waals surface area contributed by atoms with E-state index in [2.05, 4.69) is 10.4 Å². The van der Waals surface area contributed by atoms with Gasteiger partial charge < -0.3 is 5.32 Å². The lowest BCUT2D eigenvalue weighted by molar-refractivity contribution is -0.123. The molecule has 1 aromatic carbocycles. The van der Waals surface area contributed by atoms with Gasteiger partial charge in [0, 0.05) is 17.8 Å². The monoisotopic (exact) mass is 385 g/mol. The Balaban J connectivity index is 1.73. The topological polar surface area (TPSA) is 81.3 Å². The molecule has 144 valence electrons. The Morgan fingerprint density at radius 2 is 1.76 bits per heavy atom. The number of rotatable bonds is 3. The highest BCUT2D eigenvalue weighted by Gasteiger charge is 2.26. The van der Waals surface area contributed by atoms with E-state index in [-0.39, 0.29) is 17.9 Å². The normalized spacial score (nSPS) is 17.0. The third-order valence-electron chi connectivity index (χ3n) is 5.23.